The van der Waals surface area contributed by atoms with Crippen LogP contribution in [0, 0.1) is 16.7 Å². The first kappa shape index (κ1) is 14.4. The van der Waals surface area contributed by atoms with Crippen LogP contribution in [0.1, 0.15) is 33.6 Å². The molecule has 0 saturated heterocycles. The highest BCUT2D eigenvalue weighted by molar-refractivity contribution is 4.91. The summed E-state index contributed by atoms with van der Waals surface area (Å²) in [7, 11) is 2.10. The second-order valence-electron chi connectivity index (χ2n) is 4.60. The van der Waals surface area contributed by atoms with Crippen LogP contribution in [0.5, 0.6) is 0 Å². The van der Waals surface area contributed by atoms with Crippen LogP contribution < -0.4 is 0 Å². The van der Waals surface area contributed by atoms with Gasteiger partial charge in [0.25, 0.3) is 0 Å². The molecular weight excluding hydrogens is 188 g/mol. The van der Waals surface area contributed by atoms with Crippen molar-refractivity contribution in [3.8, 4) is 6.07 Å². The first-order valence-corrected chi connectivity index (χ1v) is 5.69. The molecule has 0 rings (SSSR count). The van der Waals surface area contributed by atoms with Crippen molar-refractivity contribution in [1.82, 2.24) is 4.90 Å². The largest absolute Gasteiger partial charge is 0.380 e. The molecule has 0 atom stereocenters. The Morgan fingerprint density at radius 2 is 2.00 bits per heavy atom. The second-order valence-corrected chi connectivity index (χ2v) is 4.60. The zero-order chi connectivity index (χ0) is 11.7. The summed E-state index contributed by atoms with van der Waals surface area (Å²) in [5.41, 5.74) is -0.180. The standard InChI is InChI=1S/C12H24N2O/c1-5-15-10-9-14(4)8-6-7-12(2,3)11-13/h5-10H2,1-4H3. The molecule has 88 valence electrons. The molecule has 0 aliphatic rings. The summed E-state index contributed by atoms with van der Waals surface area (Å²) < 4.78 is 5.28. The molecule has 3 heteroatoms. The van der Waals surface area contributed by atoms with E-state index >= 15 is 0 Å². The summed E-state index contributed by atoms with van der Waals surface area (Å²) in [5.74, 6) is 0. The first-order chi connectivity index (χ1) is 7.02. The predicted octanol–water partition coefficient (Wildman–Crippen LogP) is 2.28. The summed E-state index contributed by atoms with van der Waals surface area (Å²) in [5, 5.41) is 8.85. The number of likely N-dealkylation sites (N-methyl/N-ethyl adjacent to an activating group) is 1. The summed E-state index contributed by atoms with van der Waals surface area (Å²) in [4.78, 5) is 2.25. The molecule has 0 aliphatic heterocycles. The molecule has 0 spiro atoms. The maximum atomic E-state index is 8.85. The smallest absolute Gasteiger partial charge is 0.0683 e. The van der Waals surface area contributed by atoms with Gasteiger partial charge in [0.05, 0.1) is 18.1 Å². The molecule has 0 N–H and O–H groups in total. The van der Waals surface area contributed by atoms with E-state index < -0.39 is 0 Å². The number of hydrogen-bond acceptors (Lipinski definition) is 3. The van der Waals surface area contributed by atoms with Gasteiger partial charge in [-0.3, -0.25) is 0 Å². The molecule has 0 bridgehead atoms. The van der Waals surface area contributed by atoms with Gasteiger partial charge in [0.2, 0.25) is 0 Å². The average Bonchev–Trinajstić information content (AvgIpc) is 2.18. The Bertz CT molecular complexity index is 196. The molecule has 0 fully saturated rings. The van der Waals surface area contributed by atoms with Crippen LogP contribution in [-0.4, -0.2) is 38.3 Å². The van der Waals surface area contributed by atoms with Gasteiger partial charge in [0.15, 0.2) is 0 Å². The maximum absolute atomic E-state index is 8.85. The normalized spacial score (nSPS) is 11.7. The number of nitrogens with zero attached hydrogens (tertiary/aromatic N) is 2. The third kappa shape index (κ3) is 8.41. The fourth-order valence-electron chi connectivity index (χ4n) is 1.32. The molecule has 3 nitrogen and oxygen atoms in total. The quantitative estimate of drug-likeness (QED) is 0.579. The highest BCUT2D eigenvalue weighted by Gasteiger charge is 2.15. The Labute approximate surface area is 94.0 Å². The van der Waals surface area contributed by atoms with Crippen LogP contribution in [0.3, 0.4) is 0 Å². The minimum Gasteiger partial charge on any atom is -0.380 e. The van der Waals surface area contributed by atoms with Gasteiger partial charge in [-0.05, 0) is 47.2 Å². The van der Waals surface area contributed by atoms with Gasteiger partial charge in [-0.1, -0.05) is 0 Å². The highest BCUT2D eigenvalue weighted by atomic mass is 16.5. The number of ether oxygens (including phenoxy) is 1. The molecule has 15 heavy (non-hydrogen) atoms. The Balaban J connectivity index is 3.47. The van der Waals surface area contributed by atoms with E-state index in [4.69, 9.17) is 10.00 Å². The van der Waals surface area contributed by atoms with E-state index in [1.54, 1.807) is 0 Å². The summed E-state index contributed by atoms with van der Waals surface area (Å²) in [6.45, 7) is 9.60. The average molecular weight is 212 g/mol. The molecule has 0 heterocycles. The lowest BCUT2D eigenvalue weighted by Crippen LogP contribution is -2.25. The van der Waals surface area contributed by atoms with Gasteiger partial charge in [-0.2, -0.15) is 5.26 Å². The third-order valence-electron chi connectivity index (χ3n) is 2.47. The Hall–Kier alpha value is -0.590. The van der Waals surface area contributed by atoms with E-state index in [1.165, 1.54) is 0 Å². The molecular formula is C12H24N2O. The molecule has 0 unspecified atom stereocenters. The van der Waals surface area contributed by atoms with Crippen molar-refractivity contribution in [3.63, 3.8) is 0 Å². The zero-order valence-electron chi connectivity index (χ0n) is 10.5. The SMILES string of the molecule is CCOCCN(C)CCCC(C)(C)C#N. The van der Waals surface area contributed by atoms with Crippen molar-refractivity contribution >= 4 is 0 Å². The zero-order valence-corrected chi connectivity index (χ0v) is 10.5. The predicted molar refractivity (Wildman–Crippen MR) is 62.6 cm³/mol. The number of hydrogen-bond donors (Lipinski definition) is 0. The van der Waals surface area contributed by atoms with Crippen molar-refractivity contribution in [2.24, 2.45) is 5.41 Å². The molecule has 0 aromatic rings. The van der Waals surface area contributed by atoms with Crippen molar-refractivity contribution in [2.75, 3.05) is 33.4 Å². The second kappa shape index (κ2) is 7.67. The van der Waals surface area contributed by atoms with E-state index in [9.17, 15) is 0 Å². The third-order valence-corrected chi connectivity index (χ3v) is 2.47. The van der Waals surface area contributed by atoms with Crippen molar-refractivity contribution in [3.05, 3.63) is 0 Å². The number of nitriles is 1. The fourth-order valence-corrected chi connectivity index (χ4v) is 1.32. The van der Waals surface area contributed by atoms with Gasteiger partial charge in [-0.15, -0.1) is 0 Å². The molecule has 0 saturated carbocycles. The van der Waals surface area contributed by atoms with Gasteiger partial charge in [0, 0.05) is 13.2 Å². The molecule has 0 amide bonds. The van der Waals surface area contributed by atoms with Crippen molar-refractivity contribution in [1.29, 1.82) is 5.26 Å². The van der Waals surface area contributed by atoms with E-state index in [2.05, 4.69) is 18.0 Å². The van der Waals surface area contributed by atoms with Crippen LogP contribution >= 0.6 is 0 Å². The highest BCUT2D eigenvalue weighted by Crippen LogP contribution is 2.20. The van der Waals surface area contributed by atoms with Crippen LogP contribution in [0.15, 0.2) is 0 Å². The van der Waals surface area contributed by atoms with Gasteiger partial charge in [0.1, 0.15) is 0 Å². The lowest BCUT2D eigenvalue weighted by Gasteiger charge is -2.19. The molecule has 0 aliphatic carbocycles. The first-order valence-electron chi connectivity index (χ1n) is 5.69. The summed E-state index contributed by atoms with van der Waals surface area (Å²) in [6, 6.07) is 2.32. The number of rotatable bonds is 8. The Morgan fingerprint density at radius 1 is 1.33 bits per heavy atom. The van der Waals surface area contributed by atoms with E-state index in [0.29, 0.717) is 0 Å². The summed E-state index contributed by atoms with van der Waals surface area (Å²) >= 11 is 0. The fraction of sp³-hybridized carbons (Fsp3) is 0.917. The van der Waals surface area contributed by atoms with Crippen molar-refractivity contribution in [2.45, 2.75) is 33.6 Å². The van der Waals surface area contributed by atoms with E-state index in [-0.39, 0.29) is 5.41 Å². The molecule has 0 aromatic heterocycles. The topological polar surface area (TPSA) is 36.3 Å². The lowest BCUT2D eigenvalue weighted by atomic mass is 9.90. The van der Waals surface area contributed by atoms with Gasteiger partial charge in [-0.25, -0.2) is 0 Å². The monoisotopic (exact) mass is 212 g/mol. The Morgan fingerprint density at radius 3 is 2.53 bits per heavy atom. The van der Waals surface area contributed by atoms with Gasteiger partial charge >= 0.3 is 0 Å². The van der Waals surface area contributed by atoms with E-state index in [1.807, 2.05) is 20.8 Å². The van der Waals surface area contributed by atoms with E-state index in [0.717, 1.165) is 39.1 Å². The summed E-state index contributed by atoms with van der Waals surface area (Å²) in [6.07, 6.45) is 2.03. The van der Waals surface area contributed by atoms with Crippen molar-refractivity contribution < 1.29 is 4.74 Å². The Kier molecular flexibility index (Phi) is 7.37. The van der Waals surface area contributed by atoms with Crippen LogP contribution in [0.2, 0.25) is 0 Å². The van der Waals surface area contributed by atoms with Crippen LogP contribution in [-0.2, 0) is 4.74 Å². The van der Waals surface area contributed by atoms with Gasteiger partial charge < -0.3 is 9.64 Å². The minimum atomic E-state index is -0.180. The lowest BCUT2D eigenvalue weighted by molar-refractivity contribution is 0.121. The molecule has 0 aromatic carbocycles. The molecule has 0 radical (unpaired) electrons. The maximum Gasteiger partial charge on any atom is 0.0683 e. The minimum absolute atomic E-state index is 0.180. The van der Waals surface area contributed by atoms with Crippen LogP contribution in [0.25, 0.3) is 0 Å². The van der Waals surface area contributed by atoms with Crippen LogP contribution in [0.4, 0.5) is 0 Å².